The first-order valence-corrected chi connectivity index (χ1v) is 8.87. The minimum Gasteiger partial charge on any atom is -0.354 e. The standard InChI is InChI=1S/C14H21ClN2O3S/c1-10(2)14(18)16-7-8-17(21(4,19)20)12-6-5-11(3)13(15)9-12/h5-6,9-10H,7-8H2,1-4H3,(H,16,18). The fourth-order valence-electron chi connectivity index (χ4n) is 1.71. The van der Waals surface area contributed by atoms with Crippen molar-refractivity contribution in [1.82, 2.24) is 5.32 Å². The molecule has 5 nitrogen and oxygen atoms in total. The predicted molar refractivity (Wildman–Crippen MR) is 86.2 cm³/mol. The zero-order valence-corrected chi connectivity index (χ0v) is 14.3. The van der Waals surface area contributed by atoms with Gasteiger partial charge < -0.3 is 5.32 Å². The van der Waals surface area contributed by atoms with Gasteiger partial charge in [0.15, 0.2) is 0 Å². The maximum atomic E-state index is 11.9. The maximum Gasteiger partial charge on any atom is 0.232 e. The molecule has 0 aliphatic heterocycles. The van der Waals surface area contributed by atoms with Gasteiger partial charge in [-0.15, -0.1) is 0 Å². The fourth-order valence-corrected chi connectivity index (χ4v) is 2.80. The van der Waals surface area contributed by atoms with E-state index < -0.39 is 10.0 Å². The highest BCUT2D eigenvalue weighted by molar-refractivity contribution is 7.92. The average Bonchev–Trinajstić information content (AvgIpc) is 2.36. The number of benzene rings is 1. The van der Waals surface area contributed by atoms with Crippen LogP contribution in [0.15, 0.2) is 18.2 Å². The topological polar surface area (TPSA) is 66.5 Å². The van der Waals surface area contributed by atoms with Crippen LogP contribution in [0.25, 0.3) is 0 Å². The van der Waals surface area contributed by atoms with Crippen LogP contribution in [0.1, 0.15) is 19.4 Å². The molecule has 1 amide bonds. The molecule has 0 unspecified atom stereocenters. The maximum absolute atomic E-state index is 11.9. The second-order valence-corrected chi connectivity index (χ2v) is 7.53. The molecule has 0 saturated heterocycles. The van der Waals surface area contributed by atoms with Crippen LogP contribution in [0.5, 0.6) is 0 Å². The van der Waals surface area contributed by atoms with Gasteiger partial charge in [0.2, 0.25) is 15.9 Å². The second-order valence-electron chi connectivity index (χ2n) is 5.21. The molecule has 0 heterocycles. The van der Waals surface area contributed by atoms with Crippen LogP contribution in [-0.2, 0) is 14.8 Å². The zero-order chi connectivity index (χ0) is 16.2. The number of nitrogens with zero attached hydrogens (tertiary/aromatic N) is 1. The average molecular weight is 333 g/mol. The lowest BCUT2D eigenvalue weighted by molar-refractivity contribution is -0.123. The normalized spacial score (nSPS) is 11.5. The fraction of sp³-hybridized carbons (Fsp3) is 0.500. The molecule has 1 aromatic rings. The van der Waals surface area contributed by atoms with E-state index in [9.17, 15) is 13.2 Å². The molecule has 1 rings (SSSR count). The molecule has 0 aliphatic carbocycles. The third-order valence-electron chi connectivity index (χ3n) is 2.98. The Labute approximate surface area is 131 Å². The Hall–Kier alpha value is -1.27. The van der Waals surface area contributed by atoms with Crippen molar-refractivity contribution < 1.29 is 13.2 Å². The molecule has 0 radical (unpaired) electrons. The molecule has 1 N–H and O–H groups in total. The summed E-state index contributed by atoms with van der Waals surface area (Å²) in [4.78, 5) is 11.5. The van der Waals surface area contributed by atoms with Crippen molar-refractivity contribution in [1.29, 1.82) is 0 Å². The SMILES string of the molecule is Cc1ccc(N(CCNC(=O)C(C)C)S(C)(=O)=O)cc1Cl. The number of nitrogens with one attached hydrogen (secondary N) is 1. The summed E-state index contributed by atoms with van der Waals surface area (Å²) in [5.41, 5.74) is 1.37. The molecule has 21 heavy (non-hydrogen) atoms. The van der Waals surface area contributed by atoms with Crippen molar-refractivity contribution in [2.75, 3.05) is 23.7 Å². The van der Waals surface area contributed by atoms with Gasteiger partial charge in [-0.3, -0.25) is 9.10 Å². The van der Waals surface area contributed by atoms with Gasteiger partial charge in [0, 0.05) is 17.5 Å². The number of anilines is 1. The summed E-state index contributed by atoms with van der Waals surface area (Å²) in [6, 6.07) is 5.08. The molecule has 7 heteroatoms. The van der Waals surface area contributed by atoms with E-state index >= 15 is 0 Å². The third-order valence-corrected chi connectivity index (χ3v) is 4.58. The van der Waals surface area contributed by atoms with Gasteiger partial charge >= 0.3 is 0 Å². The molecule has 0 aliphatic rings. The van der Waals surface area contributed by atoms with Crippen molar-refractivity contribution in [2.24, 2.45) is 5.92 Å². The number of halogens is 1. The first-order valence-electron chi connectivity index (χ1n) is 6.64. The number of amides is 1. The summed E-state index contributed by atoms with van der Waals surface area (Å²) in [7, 11) is -3.44. The molecule has 0 aromatic heterocycles. The van der Waals surface area contributed by atoms with Crippen LogP contribution in [0.4, 0.5) is 5.69 Å². The Morgan fingerprint density at radius 2 is 2.00 bits per heavy atom. The smallest absolute Gasteiger partial charge is 0.232 e. The van der Waals surface area contributed by atoms with Gasteiger partial charge in [-0.25, -0.2) is 8.42 Å². The molecule has 0 fully saturated rings. The Morgan fingerprint density at radius 3 is 2.48 bits per heavy atom. The monoisotopic (exact) mass is 332 g/mol. The summed E-state index contributed by atoms with van der Waals surface area (Å²) in [6.45, 7) is 5.82. The van der Waals surface area contributed by atoms with Crippen LogP contribution < -0.4 is 9.62 Å². The van der Waals surface area contributed by atoms with Crippen LogP contribution in [-0.4, -0.2) is 33.7 Å². The number of carbonyl (C=O) groups excluding carboxylic acids is 1. The number of hydrogen-bond acceptors (Lipinski definition) is 3. The van der Waals surface area contributed by atoms with E-state index in [2.05, 4.69) is 5.32 Å². The Bertz CT molecular complexity index is 615. The van der Waals surface area contributed by atoms with E-state index in [1.807, 2.05) is 6.92 Å². The van der Waals surface area contributed by atoms with Gasteiger partial charge in [0.05, 0.1) is 18.5 Å². The number of sulfonamides is 1. The van der Waals surface area contributed by atoms with Gasteiger partial charge in [0.25, 0.3) is 0 Å². The molecular weight excluding hydrogens is 312 g/mol. The Morgan fingerprint density at radius 1 is 1.38 bits per heavy atom. The second kappa shape index (κ2) is 7.13. The minimum absolute atomic E-state index is 0.106. The van der Waals surface area contributed by atoms with Crippen molar-refractivity contribution >= 4 is 33.2 Å². The number of hydrogen-bond donors (Lipinski definition) is 1. The van der Waals surface area contributed by atoms with Gasteiger partial charge in [-0.2, -0.15) is 0 Å². The number of rotatable bonds is 6. The highest BCUT2D eigenvalue weighted by Crippen LogP contribution is 2.24. The van der Waals surface area contributed by atoms with E-state index in [1.54, 1.807) is 32.0 Å². The van der Waals surface area contributed by atoms with Crippen LogP contribution >= 0.6 is 11.6 Å². The first-order chi connectivity index (χ1) is 9.62. The van der Waals surface area contributed by atoms with Crippen LogP contribution in [0.2, 0.25) is 5.02 Å². The third kappa shape index (κ3) is 5.21. The van der Waals surface area contributed by atoms with Gasteiger partial charge in [-0.1, -0.05) is 31.5 Å². The first kappa shape index (κ1) is 17.8. The molecule has 0 saturated carbocycles. The largest absolute Gasteiger partial charge is 0.354 e. The van der Waals surface area contributed by atoms with Gasteiger partial charge in [0.1, 0.15) is 0 Å². The van der Waals surface area contributed by atoms with E-state index in [0.717, 1.165) is 11.8 Å². The highest BCUT2D eigenvalue weighted by Gasteiger charge is 2.18. The predicted octanol–water partition coefficient (Wildman–Crippen LogP) is 2.19. The summed E-state index contributed by atoms with van der Waals surface area (Å²) in [5.74, 6) is -0.240. The summed E-state index contributed by atoms with van der Waals surface area (Å²) in [5, 5.41) is 3.21. The van der Waals surface area contributed by atoms with Crippen molar-refractivity contribution in [2.45, 2.75) is 20.8 Å². The molecular formula is C14H21ClN2O3S. The number of aryl methyl sites for hydroxylation is 1. The molecule has 0 bridgehead atoms. The van der Waals surface area contributed by atoms with Crippen molar-refractivity contribution in [3.8, 4) is 0 Å². The minimum atomic E-state index is -3.44. The van der Waals surface area contributed by atoms with Crippen LogP contribution in [0.3, 0.4) is 0 Å². The van der Waals surface area contributed by atoms with E-state index in [4.69, 9.17) is 11.6 Å². The molecule has 0 spiro atoms. The quantitative estimate of drug-likeness (QED) is 0.868. The Balaban J connectivity index is 2.87. The Kier molecular flexibility index (Phi) is 6.04. The lowest BCUT2D eigenvalue weighted by Crippen LogP contribution is -2.39. The molecule has 118 valence electrons. The van der Waals surface area contributed by atoms with E-state index in [0.29, 0.717) is 10.7 Å². The number of carbonyl (C=O) groups is 1. The summed E-state index contributed by atoms with van der Waals surface area (Å²) >= 11 is 6.04. The summed E-state index contributed by atoms with van der Waals surface area (Å²) < 4.78 is 25.1. The molecule has 1 aromatic carbocycles. The van der Waals surface area contributed by atoms with E-state index in [1.165, 1.54) is 4.31 Å². The highest BCUT2D eigenvalue weighted by atomic mass is 35.5. The van der Waals surface area contributed by atoms with Crippen molar-refractivity contribution in [3.05, 3.63) is 28.8 Å². The van der Waals surface area contributed by atoms with E-state index in [-0.39, 0.29) is 24.9 Å². The lowest BCUT2D eigenvalue weighted by Gasteiger charge is -2.23. The lowest BCUT2D eigenvalue weighted by atomic mass is 10.2. The van der Waals surface area contributed by atoms with Crippen LogP contribution in [0, 0.1) is 12.8 Å². The van der Waals surface area contributed by atoms with Gasteiger partial charge in [-0.05, 0) is 24.6 Å². The molecule has 0 atom stereocenters. The zero-order valence-electron chi connectivity index (χ0n) is 12.7. The summed E-state index contributed by atoms with van der Waals surface area (Å²) in [6.07, 6.45) is 1.13. The van der Waals surface area contributed by atoms with Crippen molar-refractivity contribution in [3.63, 3.8) is 0 Å².